The Hall–Kier alpha value is -1.14. The first-order valence-corrected chi connectivity index (χ1v) is 7.14. The number of carbonyl (C=O) groups excluding carboxylic acids is 1. The number of nitrogens with two attached hydrogens (primary N) is 1. The van der Waals surface area contributed by atoms with Crippen LogP contribution in [0.5, 0.6) is 0 Å². The fraction of sp³-hybridized carbons (Fsp3) is 0.667. The summed E-state index contributed by atoms with van der Waals surface area (Å²) in [5.74, 6) is -0.0623. The Morgan fingerprint density at radius 1 is 1.56 bits per heavy atom. The minimum absolute atomic E-state index is 0.0623. The molecule has 0 spiro atoms. The molecular weight excluding hydrogens is 248 g/mol. The summed E-state index contributed by atoms with van der Waals surface area (Å²) in [6.07, 6.45) is 2.53. The molecule has 0 saturated carbocycles. The number of nitrogens with zero attached hydrogens (tertiary/aromatic N) is 2. The molecule has 1 aliphatic rings. The van der Waals surface area contributed by atoms with Crippen LogP contribution in [0, 0.1) is 6.92 Å². The molecule has 1 atom stereocenters. The number of carbonyl (C=O) groups is 1. The van der Waals surface area contributed by atoms with E-state index < -0.39 is 0 Å². The fourth-order valence-corrected chi connectivity index (χ4v) is 3.01. The maximum absolute atomic E-state index is 12.0. The van der Waals surface area contributed by atoms with Crippen LogP contribution in [0.2, 0.25) is 0 Å². The minimum atomic E-state index is -0.0623. The Kier molecular flexibility index (Phi) is 4.19. The average molecular weight is 268 g/mol. The molecule has 1 fully saturated rings. The van der Waals surface area contributed by atoms with Crippen LogP contribution in [0.4, 0.5) is 5.13 Å². The summed E-state index contributed by atoms with van der Waals surface area (Å²) in [5, 5.41) is 3.41. The molecule has 1 aromatic rings. The summed E-state index contributed by atoms with van der Waals surface area (Å²) in [5.41, 5.74) is 6.30. The molecule has 1 aromatic heterocycles. The smallest absolute Gasteiger partial charge is 0.263 e. The van der Waals surface area contributed by atoms with Crippen molar-refractivity contribution in [1.29, 1.82) is 0 Å². The standard InChI is InChI=1S/C12H20N4OS/c1-8(16-5-3-4-6-16)7-14-11(17)10-9(2)15-12(13)18-10/h8H,3-7H2,1-2H3,(H2,13,15)(H,14,17). The van der Waals surface area contributed by atoms with Gasteiger partial charge >= 0.3 is 0 Å². The highest BCUT2D eigenvalue weighted by molar-refractivity contribution is 7.17. The summed E-state index contributed by atoms with van der Waals surface area (Å²) in [6.45, 7) is 6.92. The SMILES string of the molecule is Cc1nc(N)sc1C(=O)NCC(C)N1CCCC1. The number of nitrogen functional groups attached to an aromatic ring is 1. The number of hydrogen-bond acceptors (Lipinski definition) is 5. The summed E-state index contributed by atoms with van der Waals surface area (Å²) in [6, 6.07) is 0.391. The van der Waals surface area contributed by atoms with Gasteiger partial charge in [0.1, 0.15) is 4.88 Å². The molecule has 1 unspecified atom stereocenters. The van der Waals surface area contributed by atoms with Gasteiger partial charge in [-0.15, -0.1) is 0 Å². The van der Waals surface area contributed by atoms with E-state index in [1.54, 1.807) is 0 Å². The zero-order valence-corrected chi connectivity index (χ0v) is 11.7. The topological polar surface area (TPSA) is 71.2 Å². The van der Waals surface area contributed by atoms with Gasteiger partial charge in [-0.1, -0.05) is 11.3 Å². The summed E-state index contributed by atoms with van der Waals surface area (Å²) >= 11 is 1.25. The van der Waals surface area contributed by atoms with Crippen molar-refractivity contribution >= 4 is 22.4 Å². The van der Waals surface area contributed by atoms with Crippen LogP contribution in [0.15, 0.2) is 0 Å². The van der Waals surface area contributed by atoms with Crippen molar-refractivity contribution in [1.82, 2.24) is 15.2 Å². The lowest BCUT2D eigenvalue weighted by molar-refractivity contribution is 0.0943. The lowest BCUT2D eigenvalue weighted by Gasteiger charge is -2.23. The molecular formula is C12H20N4OS. The zero-order chi connectivity index (χ0) is 13.1. The lowest BCUT2D eigenvalue weighted by atomic mass is 10.3. The van der Waals surface area contributed by atoms with Gasteiger partial charge in [0.05, 0.1) is 5.69 Å². The van der Waals surface area contributed by atoms with Crippen molar-refractivity contribution in [2.24, 2.45) is 0 Å². The number of likely N-dealkylation sites (tertiary alicyclic amines) is 1. The number of hydrogen-bond donors (Lipinski definition) is 2. The predicted molar refractivity (Wildman–Crippen MR) is 73.9 cm³/mol. The third-order valence-corrected chi connectivity index (χ3v) is 4.33. The predicted octanol–water partition coefficient (Wildman–Crippen LogP) is 1.25. The summed E-state index contributed by atoms with van der Waals surface area (Å²) in [4.78, 5) is 19.1. The molecule has 1 amide bonds. The second-order valence-corrected chi connectivity index (χ2v) is 5.80. The van der Waals surface area contributed by atoms with Gasteiger partial charge in [-0.25, -0.2) is 4.98 Å². The van der Waals surface area contributed by atoms with Crippen molar-refractivity contribution in [2.45, 2.75) is 32.7 Å². The first kappa shape index (κ1) is 13.3. The molecule has 18 heavy (non-hydrogen) atoms. The molecule has 0 aromatic carbocycles. The van der Waals surface area contributed by atoms with E-state index in [1.807, 2.05) is 6.92 Å². The molecule has 0 aliphatic carbocycles. The Labute approximate surface area is 111 Å². The monoisotopic (exact) mass is 268 g/mol. The Morgan fingerprint density at radius 2 is 2.22 bits per heavy atom. The normalized spacial score (nSPS) is 17.9. The van der Waals surface area contributed by atoms with Crippen LogP contribution in [0.25, 0.3) is 0 Å². The molecule has 2 rings (SSSR count). The maximum Gasteiger partial charge on any atom is 0.263 e. The van der Waals surface area contributed by atoms with Gasteiger partial charge in [0.25, 0.3) is 5.91 Å². The van der Waals surface area contributed by atoms with E-state index in [0.29, 0.717) is 28.3 Å². The largest absolute Gasteiger partial charge is 0.375 e. The number of anilines is 1. The van der Waals surface area contributed by atoms with Crippen LogP contribution in [0.1, 0.15) is 35.1 Å². The van der Waals surface area contributed by atoms with E-state index in [-0.39, 0.29) is 5.91 Å². The van der Waals surface area contributed by atoms with E-state index in [2.05, 4.69) is 22.1 Å². The van der Waals surface area contributed by atoms with Crippen LogP contribution < -0.4 is 11.1 Å². The minimum Gasteiger partial charge on any atom is -0.375 e. The third-order valence-electron chi connectivity index (χ3n) is 3.34. The van der Waals surface area contributed by atoms with Gasteiger partial charge in [-0.3, -0.25) is 9.69 Å². The van der Waals surface area contributed by atoms with Gasteiger partial charge in [-0.2, -0.15) is 0 Å². The van der Waals surface area contributed by atoms with E-state index in [9.17, 15) is 4.79 Å². The molecule has 0 radical (unpaired) electrons. The van der Waals surface area contributed by atoms with Gasteiger partial charge in [0.2, 0.25) is 0 Å². The second kappa shape index (κ2) is 5.67. The van der Waals surface area contributed by atoms with Gasteiger partial charge < -0.3 is 11.1 Å². The Balaban J connectivity index is 1.86. The van der Waals surface area contributed by atoms with E-state index in [1.165, 1.54) is 24.2 Å². The quantitative estimate of drug-likeness (QED) is 0.862. The number of thiazole rings is 1. The summed E-state index contributed by atoms with van der Waals surface area (Å²) < 4.78 is 0. The van der Waals surface area contributed by atoms with Crippen LogP contribution in [0.3, 0.4) is 0 Å². The highest BCUT2D eigenvalue weighted by Gasteiger charge is 2.20. The van der Waals surface area contributed by atoms with Crippen molar-refractivity contribution in [3.8, 4) is 0 Å². The molecule has 100 valence electrons. The first-order valence-electron chi connectivity index (χ1n) is 6.33. The van der Waals surface area contributed by atoms with E-state index >= 15 is 0 Å². The second-order valence-electron chi connectivity index (χ2n) is 4.77. The van der Waals surface area contributed by atoms with E-state index in [4.69, 9.17) is 5.73 Å². The van der Waals surface area contributed by atoms with Crippen LogP contribution in [-0.4, -0.2) is 41.5 Å². The fourth-order valence-electron chi connectivity index (χ4n) is 2.26. The molecule has 3 N–H and O–H groups in total. The number of aryl methyl sites for hydroxylation is 1. The number of aromatic nitrogens is 1. The molecule has 5 nitrogen and oxygen atoms in total. The first-order chi connectivity index (χ1) is 8.58. The highest BCUT2D eigenvalue weighted by atomic mass is 32.1. The number of nitrogens with one attached hydrogen (secondary N) is 1. The maximum atomic E-state index is 12.0. The van der Waals surface area contributed by atoms with Gasteiger partial charge in [0, 0.05) is 12.6 Å². The third kappa shape index (κ3) is 3.00. The van der Waals surface area contributed by atoms with Gasteiger partial charge in [0.15, 0.2) is 5.13 Å². The Morgan fingerprint density at radius 3 is 2.78 bits per heavy atom. The van der Waals surface area contributed by atoms with Crippen molar-refractivity contribution in [3.05, 3.63) is 10.6 Å². The van der Waals surface area contributed by atoms with Crippen LogP contribution in [-0.2, 0) is 0 Å². The molecule has 0 bridgehead atoms. The van der Waals surface area contributed by atoms with Crippen LogP contribution >= 0.6 is 11.3 Å². The molecule has 1 saturated heterocycles. The summed E-state index contributed by atoms with van der Waals surface area (Å²) in [7, 11) is 0. The molecule has 1 aliphatic heterocycles. The van der Waals surface area contributed by atoms with Crippen molar-refractivity contribution in [2.75, 3.05) is 25.4 Å². The van der Waals surface area contributed by atoms with Gasteiger partial charge in [-0.05, 0) is 39.8 Å². The highest BCUT2D eigenvalue weighted by Crippen LogP contribution is 2.19. The van der Waals surface area contributed by atoms with Crippen molar-refractivity contribution < 1.29 is 4.79 Å². The zero-order valence-electron chi connectivity index (χ0n) is 10.9. The lowest BCUT2D eigenvalue weighted by Crippen LogP contribution is -2.40. The average Bonchev–Trinajstić information content (AvgIpc) is 2.95. The Bertz CT molecular complexity index is 426. The molecule has 6 heteroatoms. The van der Waals surface area contributed by atoms with Crippen molar-refractivity contribution in [3.63, 3.8) is 0 Å². The van der Waals surface area contributed by atoms with E-state index in [0.717, 1.165) is 13.1 Å². The number of amides is 1. The molecule has 2 heterocycles. The number of rotatable bonds is 4.